The van der Waals surface area contributed by atoms with Gasteiger partial charge >= 0.3 is 0 Å². The van der Waals surface area contributed by atoms with Crippen LogP contribution in [0.5, 0.6) is 0 Å². The number of carbonyl (C=O) groups is 2. The van der Waals surface area contributed by atoms with Crippen LogP contribution in [0.3, 0.4) is 0 Å². The first-order chi connectivity index (χ1) is 16.3. The third-order valence-corrected chi connectivity index (χ3v) is 6.41. The van der Waals surface area contributed by atoms with Gasteiger partial charge in [0.05, 0.1) is 0 Å². The molecule has 4 rings (SSSR count). The molecular weight excluding hydrogens is 444 g/mol. The summed E-state index contributed by atoms with van der Waals surface area (Å²) in [6.45, 7) is 10.7. The molecule has 34 heavy (non-hydrogen) atoms. The molecule has 3 aromatic rings. The van der Waals surface area contributed by atoms with Gasteiger partial charge in [-0.2, -0.15) is 0 Å². The standard InChI is InChI=1S/C27H27ClN2O2.C2H6/c1-17-7-4-5-9-22(17)26(31)29-21-11-12-23(19(3)15-21)27(32)30-14-6-8-18(2)24-16-20(28)10-13-25(24)30;1-2/h4-5,7,9-13,15-16,18H,6,8,14H2,1-3H3,(H,29,31);1-2H3/t18-;/m1./s1. The van der Waals surface area contributed by atoms with Gasteiger partial charge in [0.15, 0.2) is 0 Å². The first kappa shape index (κ1) is 25.5. The predicted octanol–water partition coefficient (Wildman–Crippen LogP) is 7.78. The lowest BCUT2D eigenvalue weighted by molar-refractivity contribution is 0.0985. The molecule has 0 saturated heterocycles. The molecule has 0 unspecified atom stereocenters. The van der Waals surface area contributed by atoms with Crippen LogP contribution in [0.15, 0.2) is 60.7 Å². The van der Waals surface area contributed by atoms with E-state index in [1.54, 1.807) is 18.2 Å². The summed E-state index contributed by atoms with van der Waals surface area (Å²) in [4.78, 5) is 28.0. The SMILES string of the molecule is CC.Cc1ccccc1C(=O)Nc1ccc(C(=O)N2CCC[C@@H](C)c3cc(Cl)ccc32)c(C)c1. The van der Waals surface area contributed by atoms with E-state index in [9.17, 15) is 9.59 Å². The fourth-order valence-electron chi connectivity index (χ4n) is 4.36. The number of hydrogen-bond acceptors (Lipinski definition) is 2. The van der Waals surface area contributed by atoms with Crippen molar-refractivity contribution < 1.29 is 9.59 Å². The molecule has 2 amide bonds. The van der Waals surface area contributed by atoms with Gasteiger partial charge in [0.25, 0.3) is 11.8 Å². The zero-order valence-corrected chi connectivity index (χ0v) is 21.4. The largest absolute Gasteiger partial charge is 0.322 e. The van der Waals surface area contributed by atoms with E-state index in [1.165, 1.54) is 0 Å². The van der Waals surface area contributed by atoms with E-state index in [1.807, 2.05) is 75.1 Å². The summed E-state index contributed by atoms with van der Waals surface area (Å²) in [6.07, 6.45) is 1.95. The van der Waals surface area contributed by atoms with Crippen molar-refractivity contribution in [2.24, 2.45) is 0 Å². The van der Waals surface area contributed by atoms with Crippen molar-refractivity contribution in [2.45, 2.75) is 53.4 Å². The average molecular weight is 477 g/mol. The number of nitrogens with one attached hydrogen (secondary N) is 1. The van der Waals surface area contributed by atoms with Gasteiger partial charge in [-0.05, 0) is 91.8 Å². The fourth-order valence-corrected chi connectivity index (χ4v) is 4.54. The molecule has 0 radical (unpaired) electrons. The lowest BCUT2D eigenvalue weighted by Crippen LogP contribution is -2.32. The molecule has 3 aromatic carbocycles. The van der Waals surface area contributed by atoms with Crippen LogP contribution in [0.1, 0.15) is 76.9 Å². The van der Waals surface area contributed by atoms with Gasteiger partial charge in [-0.15, -0.1) is 0 Å². The summed E-state index contributed by atoms with van der Waals surface area (Å²) < 4.78 is 0. The van der Waals surface area contributed by atoms with Crippen LogP contribution in [0, 0.1) is 13.8 Å². The Hall–Kier alpha value is -3.11. The zero-order valence-electron chi connectivity index (χ0n) is 20.6. The summed E-state index contributed by atoms with van der Waals surface area (Å²) in [7, 11) is 0. The molecule has 0 spiro atoms. The number of hydrogen-bond donors (Lipinski definition) is 1. The minimum atomic E-state index is -0.158. The van der Waals surface area contributed by atoms with E-state index in [4.69, 9.17) is 11.6 Å². The second-order valence-electron chi connectivity index (χ2n) is 8.50. The average Bonchev–Trinajstić information content (AvgIpc) is 2.99. The highest BCUT2D eigenvalue weighted by Crippen LogP contribution is 2.37. The second kappa shape index (κ2) is 11.3. The summed E-state index contributed by atoms with van der Waals surface area (Å²) in [5.41, 5.74) is 5.73. The number of anilines is 2. The fraction of sp³-hybridized carbons (Fsp3) is 0.310. The Balaban J connectivity index is 0.00000158. The maximum Gasteiger partial charge on any atom is 0.258 e. The molecular formula is C29H33ClN2O2. The second-order valence-corrected chi connectivity index (χ2v) is 8.94. The predicted molar refractivity (Wildman–Crippen MR) is 142 cm³/mol. The Morgan fingerprint density at radius 2 is 1.68 bits per heavy atom. The van der Waals surface area contributed by atoms with E-state index in [0.29, 0.717) is 34.3 Å². The normalized spacial score (nSPS) is 14.9. The lowest BCUT2D eigenvalue weighted by Gasteiger charge is -2.25. The summed E-state index contributed by atoms with van der Waals surface area (Å²) in [6, 6.07) is 18.7. The van der Waals surface area contributed by atoms with Crippen LogP contribution in [0.25, 0.3) is 0 Å². The van der Waals surface area contributed by atoms with Gasteiger partial charge in [0.2, 0.25) is 0 Å². The molecule has 0 bridgehead atoms. The van der Waals surface area contributed by atoms with Crippen LogP contribution in [0.4, 0.5) is 11.4 Å². The number of amides is 2. The number of rotatable bonds is 3. The summed E-state index contributed by atoms with van der Waals surface area (Å²) in [5, 5.41) is 3.63. The Morgan fingerprint density at radius 1 is 0.941 bits per heavy atom. The highest BCUT2D eigenvalue weighted by atomic mass is 35.5. The monoisotopic (exact) mass is 476 g/mol. The van der Waals surface area contributed by atoms with Crippen molar-refractivity contribution in [1.82, 2.24) is 0 Å². The maximum absolute atomic E-state index is 13.5. The molecule has 1 heterocycles. The quantitative estimate of drug-likeness (QED) is 0.419. The van der Waals surface area contributed by atoms with Crippen LogP contribution < -0.4 is 10.2 Å². The van der Waals surface area contributed by atoms with Crippen LogP contribution >= 0.6 is 11.6 Å². The molecule has 0 aromatic heterocycles. The van der Waals surface area contributed by atoms with Crippen molar-refractivity contribution in [2.75, 3.05) is 16.8 Å². The van der Waals surface area contributed by atoms with Gasteiger partial charge in [-0.1, -0.05) is 50.6 Å². The van der Waals surface area contributed by atoms with Gasteiger partial charge in [-0.25, -0.2) is 0 Å². The Kier molecular flexibility index (Phi) is 8.51. The molecule has 5 heteroatoms. The van der Waals surface area contributed by atoms with Crippen molar-refractivity contribution in [3.05, 3.63) is 93.5 Å². The van der Waals surface area contributed by atoms with Gasteiger partial charge < -0.3 is 10.2 Å². The topological polar surface area (TPSA) is 49.4 Å². The minimum Gasteiger partial charge on any atom is -0.322 e. The van der Waals surface area contributed by atoms with Crippen molar-refractivity contribution >= 4 is 34.8 Å². The Labute approximate surface area is 207 Å². The highest BCUT2D eigenvalue weighted by molar-refractivity contribution is 6.30. The van der Waals surface area contributed by atoms with E-state index < -0.39 is 0 Å². The van der Waals surface area contributed by atoms with Crippen LogP contribution in [0.2, 0.25) is 5.02 Å². The Morgan fingerprint density at radius 3 is 2.38 bits per heavy atom. The van der Waals surface area contributed by atoms with Crippen LogP contribution in [-0.4, -0.2) is 18.4 Å². The van der Waals surface area contributed by atoms with Gasteiger partial charge in [0, 0.05) is 34.1 Å². The summed E-state index contributed by atoms with van der Waals surface area (Å²) >= 11 is 6.24. The third-order valence-electron chi connectivity index (χ3n) is 6.18. The minimum absolute atomic E-state index is 0.0306. The van der Waals surface area contributed by atoms with Crippen molar-refractivity contribution in [1.29, 1.82) is 0 Å². The lowest BCUT2D eigenvalue weighted by atomic mass is 9.96. The van der Waals surface area contributed by atoms with E-state index in [-0.39, 0.29) is 11.8 Å². The molecule has 1 aliphatic rings. The molecule has 1 aliphatic heterocycles. The first-order valence-corrected chi connectivity index (χ1v) is 12.3. The molecule has 0 saturated carbocycles. The van der Waals surface area contributed by atoms with Crippen LogP contribution in [-0.2, 0) is 0 Å². The molecule has 1 atom stereocenters. The number of carbonyl (C=O) groups excluding carboxylic acids is 2. The zero-order chi connectivity index (χ0) is 24.8. The van der Waals surface area contributed by atoms with E-state index in [2.05, 4.69) is 12.2 Å². The maximum atomic E-state index is 13.5. The molecule has 4 nitrogen and oxygen atoms in total. The Bertz CT molecular complexity index is 1190. The number of fused-ring (bicyclic) bond motifs is 1. The molecule has 0 fully saturated rings. The molecule has 178 valence electrons. The highest BCUT2D eigenvalue weighted by Gasteiger charge is 2.26. The molecule has 1 N–H and O–H groups in total. The van der Waals surface area contributed by atoms with Crippen molar-refractivity contribution in [3.63, 3.8) is 0 Å². The first-order valence-electron chi connectivity index (χ1n) is 11.9. The number of benzene rings is 3. The van der Waals surface area contributed by atoms with Gasteiger partial charge in [0.1, 0.15) is 0 Å². The molecule has 0 aliphatic carbocycles. The number of halogens is 1. The third kappa shape index (κ3) is 5.51. The number of nitrogens with zero attached hydrogens (tertiary/aromatic N) is 1. The van der Waals surface area contributed by atoms with Crippen molar-refractivity contribution in [3.8, 4) is 0 Å². The van der Waals surface area contributed by atoms with Gasteiger partial charge in [-0.3, -0.25) is 9.59 Å². The number of aryl methyl sites for hydroxylation is 2. The summed E-state index contributed by atoms with van der Waals surface area (Å²) in [5.74, 6) is 0.160. The van der Waals surface area contributed by atoms with E-state index in [0.717, 1.165) is 35.2 Å². The van der Waals surface area contributed by atoms with E-state index >= 15 is 0 Å². The smallest absolute Gasteiger partial charge is 0.258 e.